The van der Waals surface area contributed by atoms with E-state index in [1.807, 2.05) is 52.9 Å². The predicted molar refractivity (Wildman–Crippen MR) is 94.6 cm³/mol. The molecule has 0 saturated heterocycles. The van der Waals surface area contributed by atoms with Crippen LogP contribution < -0.4 is 9.47 Å². The quantitative estimate of drug-likeness (QED) is 0.643. The van der Waals surface area contributed by atoms with Crippen molar-refractivity contribution >= 4 is 45.7 Å². The maximum atomic E-state index is 12.4. The number of hydrogen-bond acceptors (Lipinski definition) is 3. The molecule has 22 heavy (non-hydrogen) atoms. The van der Waals surface area contributed by atoms with Crippen molar-refractivity contribution in [2.75, 3.05) is 0 Å². The Balaban J connectivity index is 2.15. The zero-order chi connectivity index (χ0) is 15.7. The van der Waals surface area contributed by atoms with E-state index in [-0.39, 0.29) is 5.78 Å². The molecule has 3 nitrogen and oxygen atoms in total. The number of ketones is 1. The maximum absolute atomic E-state index is 12.4. The zero-order valence-corrected chi connectivity index (χ0v) is 14.6. The largest absolute Gasteiger partial charge is 0.482 e. The van der Waals surface area contributed by atoms with Crippen LogP contribution in [0, 0.1) is 0 Å². The molecule has 0 spiro atoms. The van der Waals surface area contributed by atoms with Crippen molar-refractivity contribution in [2.45, 2.75) is 13.0 Å². The first-order valence-corrected chi connectivity index (χ1v) is 8.15. The molecule has 0 amide bonds. The normalized spacial score (nSPS) is 17.6. The minimum absolute atomic E-state index is 0.112. The fraction of sp³-hybridized carbons (Fsp3) is 0.118. The number of ether oxygens (including phenoxy) is 2. The first-order valence-electron chi connectivity index (χ1n) is 6.69. The van der Waals surface area contributed by atoms with Crippen LogP contribution >= 0.6 is 34.2 Å². The summed E-state index contributed by atoms with van der Waals surface area (Å²) in [6.07, 6.45) is -0.566. The van der Waals surface area contributed by atoms with Gasteiger partial charge in [0.05, 0.1) is 5.56 Å². The minimum atomic E-state index is -0.566. The minimum Gasteiger partial charge on any atom is -0.482 e. The Labute approximate surface area is 147 Å². The van der Waals surface area contributed by atoms with Crippen molar-refractivity contribution in [3.63, 3.8) is 0 Å². The molecule has 1 atom stereocenters. The Morgan fingerprint density at radius 3 is 2.64 bits per heavy atom. The third-order valence-corrected chi connectivity index (χ3v) is 4.49. The van der Waals surface area contributed by atoms with Crippen molar-refractivity contribution in [3.05, 3.63) is 62.7 Å². The van der Waals surface area contributed by atoms with Crippen LogP contribution in [-0.2, 0) is 4.79 Å². The highest BCUT2D eigenvalue weighted by Crippen LogP contribution is 2.38. The van der Waals surface area contributed by atoms with Gasteiger partial charge in [0.25, 0.3) is 0 Å². The van der Waals surface area contributed by atoms with Crippen molar-refractivity contribution < 1.29 is 14.3 Å². The van der Waals surface area contributed by atoms with Gasteiger partial charge in [-0.3, -0.25) is 4.79 Å². The van der Waals surface area contributed by atoms with E-state index in [0.717, 1.165) is 0 Å². The van der Waals surface area contributed by atoms with Gasteiger partial charge in [0.15, 0.2) is 11.9 Å². The molecule has 1 aliphatic rings. The van der Waals surface area contributed by atoms with Crippen LogP contribution in [0.4, 0.5) is 0 Å². The Morgan fingerprint density at radius 1 is 1.18 bits per heavy atom. The first-order chi connectivity index (χ1) is 10.6. The summed E-state index contributed by atoms with van der Waals surface area (Å²) >= 11 is 8.10. The monoisotopic (exact) mass is 426 g/mol. The van der Waals surface area contributed by atoms with Crippen LogP contribution in [0.3, 0.4) is 0 Å². The first kappa shape index (κ1) is 15.4. The molecule has 112 valence electrons. The summed E-state index contributed by atoms with van der Waals surface area (Å²) in [5, 5.41) is 0.558. The Morgan fingerprint density at radius 2 is 1.91 bits per heavy atom. The predicted octanol–water partition coefficient (Wildman–Crippen LogP) is 4.87. The molecular formula is C17H12ClIO3. The van der Waals surface area contributed by atoms with Crippen molar-refractivity contribution in [1.82, 2.24) is 0 Å². The van der Waals surface area contributed by atoms with Crippen LogP contribution in [0.5, 0.6) is 11.5 Å². The van der Waals surface area contributed by atoms with Crippen molar-refractivity contribution in [3.8, 4) is 11.5 Å². The van der Waals surface area contributed by atoms with E-state index in [4.69, 9.17) is 21.1 Å². The lowest BCUT2D eigenvalue weighted by atomic mass is 10.1. The van der Waals surface area contributed by atoms with Crippen LogP contribution in [0.15, 0.2) is 52.1 Å². The van der Waals surface area contributed by atoms with Gasteiger partial charge in [-0.05, 0) is 59.8 Å². The van der Waals surface area contributed by atoms with E-state index in [1.165, 1.54) is 0 Å². The molecule has 0 bridgehead atoms. The standard InChI is InChI=1S/C17H12ClIO3/c1-10-16(20)15(19)17(22-12-5-3-2-4-6-12)13-9-11(18)7-8-14(13)21-10/h2-10H,1H3. The number of Topliss-reactive ketones (excluding diaryl/α,β-unsaturated/α-hetero) is 1. The van der Waals surface area contributed by atoms with Crippen molar-refractivity contribution in [2.24, 2.45) is 0 Å². The molecule has 0 N–H and O–H groups in total. The van der Waals surface area contributed by atoms with E-state index in [0.29, 0.717) is 31.4 Å². The highest BCUT2D eigenvalue weighted by molar-refractivity contribution is 14.1. The molecule has 0 saturated carbocycles. The second kappa shape index (κ2) is 6.30. The van der Waals surface area contributed by atoms with E-state index < -0.39 is 6.10 Å². The van der Waals surface area contributed by atoms with E-state index in [9.17, 15) is 4.79 Å². The molecule has 1 aliphatic heterocycles. The van der Waals surface area contributed by atoms with E-state index >= 15 is 0 Å². The Bertz CT molecular complexity index is 756. The zero-order valence-electron chi connectivity index (χ0n) is 11.7. The summed E-state index contributed by atoms with van der Waals surface area (Å²) in [4.78, 5) is 12.4. The van der Waals surface area contributed by atoms with Crippen LogP contribution in [0.1, 0.15) is 12.5 Å². The number of para-hydroxylation sites is 1. The lowest BCUT2D eigenvalue weighted by Crippen LogP contribution is -2.22. The highest BCUT2D eigenvalue weighted by Gasteiger charge is 2.29. The molecule has 1 heterocycles. The van der Waals surface area contributed by atoms with Gasteiger partial charge < -0.3 is 9.47 Å². The van der Waals surface area contributed by atoms with Gasteiger partial charge in [0.1, 0.15) is 15.1 Å². The summed E-state index contributed by atoms with van der Waals surface area (Å²) in [5.41, 5.74) is 0.679. The Hall–Kier alpha value is -1.53. The number of rotatable bonds is 2. The van der Waals surface area contributed by atoms with Crippen molar-refractivity contribution in [1.29, 1.82) is 0 Å². The second-order valence-electron chi connectivity index (χ2n) is 4.82. The molecule has 0 aromatic heterocycles. The maximum Gasteiger partial charge on any atom is 0.212 e. The van der Waals surface area contributed by atoms with Gasteiger partial charge >= 0.3 is 0 Å². The number of benzene rings is 2. The third kappa shape index (κ3) is 2.98. The third-order valence-electron chi connectivity index (χ3n) is 3.24. The lowest BCUT2D eigenvalue weighted by molar-refractivity contribution is -0.120. The van der Waals surface area contributed by atoms with Crippen LogP contribution in [-0.4, -0.2) is 11.9 Å². The van der Waals surface area contributed by atoms with Gasteiger partial charge in [-0.1, -0.05) is 29.8 Å². The van der Waals surface area contributed by atoms with Gasteiger partial charge in [0, 0.05) is 5.02 Å². The fourth-order valence-electron chi connectivity index (χ4n) is 2.14. The second-order valence-corrected chi connectivity index (χ2v) is 6.34. The summed E-state index contributed by atoms with van der Waals surface area (Å²) in [5.74, 6) is 1.60. The fourth-order valence-corrected chi connectivity index (χ4v) is 3.15. The summed E-state index contributed by atoms with van der Waals surface area (Å²) in [7, 11) is 0. The molecule has 0 radical (unpaired) electrons. The summed E-state index contributed by atoms with van der Waals surface area (Å²) < 4.78 is 12.2. The molecule has 5 heteroatoms. The van der Waals surface area contributed by atoms with Crippen LogP contribution in [0.25, 0.3) is 5.76 Å². The number of carbonyl (C=O) groups excluding carboxylic acids is 1. The molecule has 2 aromatic carbocycles. The number of hydrogen-bond donors (Lipinski definition) is 0. The van der Waals surface area contributed by atoms with Gasteiger partial charge in [0.2, 0.25) is 5.78 Å². The summed E-state index contributed by atoms with van der Waals surface area (Å²) in [6.45, 7) is 1.73. The van der Waals surface area contributed by atoms with Gasteiger partial charge in [-0.2, -0.15) is 0 Å². The number of fused-ring (bicyclic) bond motifs is 1. The SMILES string of the molecule is CC1Oc2ccc(Cl)cc2C(Oc2ccccc2)=C(I)C1=O. The highest BCUT2D eigenvalue weighted by atomic mass is 127. The molecular weight excluding hydrogens is 415 g/mol. The molecule has 3 rings (SSSR count). The molecule has 0 fully saturated rings. The summed E-state index contributed by atoms with van der Waals surface area (Å²) in [6, 6.07) is 14.6. The molecule has 2 aromatic rings. The average Bonchev–Trinajstić information content (AvgIpc) is 2.61. The molecule has 1 unspecified atom stereocenters. The number of halogens is 2. The topological polar surface area (TPSA) is 35.5 Å². The van der Waals surface area contributed by atoms with Crippen LogP contribution in [0.2, 0.25) is 5.02 Å². The smallest absolute Gasteiger partial charge is 0.212 e. The average molecular weight is 427 g/mol. The van der Waals surface area contributed by atoms with E-state index in [1.54, 1.807) is 25.1 Å². The van der Waals surface area contributed by atoms with Gasteiger partial charge in [-0.15, -0.1) is 0 Å². The lowest BCUT2D eigenvalue weighted by Gasteiger charge is -2.13. The van der Waals surface area contributed by atoms with E-state index in [2.05, 4.69) is 0 Å². The number of carbonyl (C=O) groups is 1. The molecule has 0 aliphatic carbocycles. The van der Waals surface area contributed by atoms with Gasteiger partial charge in [-0.25, -0.2) is 0 Å². The Kier molecular flexibility index (Phi) is 4.40.